The average Bonchev–Trinajstić information content (AvgIpc) is 3.41. The molecule has 0 spiro atoms. The number of halogens is 3. The zero-order chi connectivity index (χ0) is 35.4. The molecule has 2 aliphatic rings. The number of nitriles is 1. The number of aromatic nitrogens is 4. The van der Waals surface area contributed by atoms with Crippen LogP contribution in [0.15, 0.2) is 71.8 Å². The molecule has 7 rings (SSSR count). The van der Waals surface area contributed by atoms with Crippen LogP contribution in [-0.4, -0.2) is 43.3 Å². The Kier molecular flexibility index (Phi) is 8.42. The van der Waals surface area contributed by atoms with Gasteiger partial charge in [0.25, 0.3) is 11.8 Å². The molecule has 15 heteroatoms. The van der Waals surface area contributed by atoms with Crippen molar-refractivity contribution in [1.29, 1.82) is 5.26 Å². The predicted molar refractivity (Wildman–Crippen MR) is 186 cm³/mol. The fraction of sp³-hybridized carbons (Fsp3) is 0.229. The van der Waals surface area contributed by atoms with Crippen molar-refractivity contribution in [1.82, 2.24) is 30.2 Å². The molecule has 1 aliphatic heterocycles. The Morgan fingerprint density at radius 2 is 1.80 bits per heavy atom. The van der Waals surface area contributed by atoms with Gasteiger partial charge in [-0.2, -0.15) is 5.26 Å². The van der Waals surface area contributed by atoms with Gasteiger partial charge in [-0.25, -0.2) is 19.3 Å². The van der Waals surface area contributed by atoms with Crippen LogP contribution in [0.2, 0.25) is 10.0 Å². The van der Waals surface area contributed by atoms with E-state index in [4.69, 9.17) is 23.2 Å². The Morgan fingerprint density at radius 3 is 2.40 bits per heavy atom. The van der Waals surface area contributed by atoms with Crippen LogP contribution in [0.25, 0.3) is 11.3 Å². The van der Waals surface area contributed by atoms with Gasteiger partial charge in [0.1, 0.15) is 17.3 Å². The van der Waals surface area contributed by atoms with Crippen molar-refractivity contribution in [2.45, 2.75) is 50.2 Å². The number of fused-ring (bicyclic) bond motifs is 1. The second-order valence-corrected chi connectivity index (χ2v) is 14.0. The lowest BCUT2D eigenvalue weighted by Gasteiger charge is -2.27. The summed E-state index contributed by atoms with van der Waals surface area (Å²) in [6.07, 6.45) is 4.54. The number of amides is 3. The lowest BCUT2D eigenvalue weighted by atomic mass is 9.91. The molecule has 3 amide bonds. The van der Waals surface area contributed by atoms with E-state index in [0.717, 1.165) is 17.0 Å². The van der Waals surface area contributed by atoms with E-state index in [2.05, 4.69) is 31.7 Å². The first-order chi connectivity index (χ1) is 23.9. The largest absolute Gasteiger partial charge is 0.343 e. The standard InChI is InChI=1S/C35H27Cl2FN8O3S/c1-19(30(47)44-35(9-10-35)28-8-7-22(15-40-28)26-17-50-18-42-26)43-31(48)27-16-41-33-45(23-11-24(36)29(38)25(37)12-23)32(49)34(2,46(27)33)13-20-3-5-21(14-39)6-4-20/h3-8,11-12,15-19H,9-10,13H2,1-2H3,(H,43,48)(H,44,47)/t19-,34+/m0/s1. The highest BCUT2D eigenvalue weighted by atomic mass is 35.5. The maximum absolute atomic E-state index is 14.4. The van der Waals surface area contributed by atoms with E-state index >= 15 is 0 Å². The number of hydrogen-bond acceptors (Lipinski definition) is 8. The molecule has 50 heavy (non-hydrogen) atoms. The number of thiazole rings is 1. The third-order valence-corrected chi connectivity index (χ3v) is 10.2. The van der Waals surface area contributed by atoms with Gasteiger partial charge in [0.15, 0.2) is 5.82 Å². The molecule has 0 unspecified atom stereocenters. The number of rotatable bonds is 9. The van der Waals surface area contributed by atoms with Gasteiger partial charge in [-0.15, -0.1) is 11.3 Å². The van der Waals surface area contributed by atoms with Crippen LogP contribution < -0.4 is 15.5 Å². The minimum Gasteiger partial charge on any atom is -0.343 e. The molecule has 11 nitrogen and oxygen atoms in total. The SMILES string of the molecule is C[C@H](NC(=O)c1cnc2n1[C@](C)(Cc1ccc(C#N)cc1)C(=O)N2c1cc(Cl)c(F)c(Cl)c1)C(=O)NC1(c2ccc(-c3cscn3)cn2)CC1. The summed E-state index contributed by atoms with van der Waals surface area (Å²) in [5.74, 6) is -2.28. The van der Waals surface area contributed by atoms with Gasteiger partial charge >= 0.3 is 0 Å². The predicted octanol–water partition coefficient (Wildman–Crippen LogP) is 6.28. The Labute approximate surface area is 299 Å². The van der Waals surface area contributed by atoms with Gasteiger partial charge in [-0.1, -0.05) is 35.3 Å². The third kappa shape index (κ3) is 5.79. The molecule has 0 saturated heterocycles. The zero-order valence-electron chi connectivity index (χ0n) is 26.6. The average molecular weight is 730 g/mol. The van der Waals surface area contributed by atoms with Crippen molar-refractivity contribution in [2.75, 3.05) is 4.90 Å². The van der Waals surface area contributed by atoms with Gasteiger partial charge in [0, 0.05) is 23.6 Å². The quantitative estimate of drug-likeness (QED) is 0.170. The van der Waals surface area contributed by atoms with E-state index in [1.165, 1.54) is 39.1 Å². The van der Waals surface area contributed by atoms with E-state index in [1.54, 1.807) is 49.8 Å². The summed E-state index contributed by atoms with van der Waals surface area (Å²) >= 11 is 13.7. The number of hydrogen-bond donors (Lipinski definition) is 2. The van der Waals surface area contributed by atoms with Crippen molar-refractivity contribution < 1.29 is 18.8 Å². The first kappa shape index (κ1) is 33.3. The van der Waals surface area contributed by atoms with Crippen LogP contribution >= 0.6 is 34.5 Å². The molecule has 2 atom stereocenters. The summed E-state index contributed by atoms with van der Waals surface area (Å²) in [5.41, 5.74) is 3.44. The second kappa shape index (κ2) is 12.6. The van der Waals surface area contributed by atoms with E-state index in [1.807, 2.05) is 17.5 Å². The maximum atomic E-state index is 14.4. The fourth-order valence-corrected chi connectivity index (χ4v) is 7.20. The van der Waals surface area contributed by atoms with Crippen molar-refractivity contribution >= 4 is 63.9 Å². The summed E-state index contributed by atoms with van der Waals surface area (Å²) in [5, 5.41) is 16.4. The second-order valence-electron chi connectivity index (χ2n) is 12.5. The molecule has 1 aliphatic carbocycles. The molecule has 3 aromatic heterocycles. The van der Waals surface area contributed by atoms with Crippen LogP contribution in [0.4, 0.5) is 16.0 Å². The summed E-state index contributed by atoms with van der Waals surface area (Å²) in [6, 6.07) is 14.1. The van der Waals surface area contributed by atoms with Crippen LogP contribution in [-0.2, 0) is 27.1 Å². The third-order valence-electron chi connectivity index (χ3n) is 9.03. The van der Waals surface area contributed by atoms with E-state index < -0.39 is 40.7 Å². The Morgan fingerprint density at radius 1 is 1.08 bits per heavy atom. The van der Waals surface area contributed by atoms with Crippen molar-refractivity contribution in [3.63, 3.8) is 0 Å². The highest BCUT2D eigenvalue weighted by molar-refractivity contribution is 7.07. The number of carbonyl (C=O) groups excluding carboxylic acids is 3. The smallest absolute Gasteiger partial charge is 0.270 e. The molecule has 4 heterocycles. The number of nitrogens with one attached hydrogen (secondary N) is 2. The number of nitrogens with zero attached hydrogens (tertiary/aromatic N) is 6. The van der Waals surface area contributed by atoms with Gasteiger partial charge in [-0.05, 0) is 68.7 Å². The number of benzene rings is 2. The van der Waals surface area contributed by atoms with Crippen LogP contribution in [0.1, 0.15) is 54.0 Å². The van der Waals surface area contributed by atoms with Gasteiger partial charge in [0.2, 0.25) is 11.9 Å². The fourth-order valence-electron chi connectivity index (χ4n) is 6.16. The van der Waals surface area contributed by atoms with Crippen LogP contribution in [0.5, 0.6) is 0 Å². The van der Waals surface area contributed by atoms with Gasteiger partial charge < -0.3 is 10.6 Å². The first-order valence-corrected chi connectivity index (χ1v) is 17.2. The highest BCUT2D eigenvalue weighted by Gasteiger charge is 2.51. The number of pyridine rings is 1. The molecule has 1 saturated carbocycles. The van der Waals surface area contributed by atoms with E-state index in [-0.39, 0.29) is 33.8 Å². The number of imidazole rings is 1. The monoisotopic (exact) mass is 728 g/mol. The molecular weight excluding hydrogens is 702 g/mol. The molecule has 5 aromatic rings. The zero-order valence-corrected chi connectivity index (χ0v) is 28.9. The molecule has 1 fully saturated rings. The molecule has 0 bridgehead atoms. The molecule has 2 aromatic carbocycles. The van der Waals surface area contributed by atoms with Crippen molar-refractivity contribution in [3.8, 4) is 17.3 Å². The molecular formula is C35H27Cl2FN8O3S. The van der Waals surface area contributed by atoms with Crippen LogP contribution in [0, 0.1) is 17.1 Å². The van der Waals surface area contributed by atoms with Crippen LogP contribution in [0.3, 0.4) is 0 Å². The molecule has 252 valence electrons. The highest BCUT2D eigenvalue weighted by Crippen LogP contribution is 2.46. The Hall–Kier alpha value is -5.16. The summed E-state index contributed by atoms with van der Waals surface area (Å²) < 4.78 is 15.9. The number of carbonyl (C=O) groups is 3. The topological polar surface area (TPSA) is 146 Å². The summed E-state index contributed by atoms with van der Waals surface area (Å²) in [6.45, 7) is 3.22. The van der Waals surface area contributed by atoms with E-state index in [9.17, 15) is 24.0 Å². The maximum Gasteiger partial charge on any atom is 0.270 e. The Bertz CT molecular complexity index is 2180. The first-order valence-electron chi connectivity index (χ1n) is 15.5. The summed E-state index contributed by atoms with van der Waals surface area (Å²) in [4.78, 5) is 56.2. The molecule has 2 N–H and O–H groups in total. The minimum absolute atomic E-state index is 0.0198. The molecule has 0 radical (unpaired) electrons. The Balaban J connectivity index is 1.15. The van der Waals surface area contributed by atoms with Gasteiger partial charge in [0.05, 0.1) is 56.0 Å². The van der Waals surface area contributed by atoms with Gasteiger partial charge in [-0.3, -0.25) is 23.9 Å². The number of anilines is 2. The van der Waals surface area contributed by atoms with E-state index in [0.29, 0.717) is 24.0 Å². The lowest BCUT2D eigenvalue weighted by molar-refractivity contribution is -0.124. The van der Waals surface area contributed by atoms with Crippen molar-refractivity contribution in [3.05, 3.63) is 110 Å². The lowest BCUT2D eigenvalue weighted by Crippen LogP contribution is -2.49. The summed E-state index contributed by atoms with van der Waals surface area (Å²) in [7, 11) is 0. The normalized spacial score (nSPS) is 17.9. The minimum atomic E-state index is -1.42. The van der Waals surface area contributed by atoms with Crippen molar-refractivity contribution in [2.24, 2.45) is 0 Å².